The van der Waals surface area contributed by atoms with Crippen LogP contribution in [-0.2, 0) is 11.2 Å². The summed E-state index contributed by atoms with van der Waals surface area (Å²) in [7, 11) is 0. The molecule has 0 unspecified atom stereocenters. The molecule has 25 heavy (non-hydrogen) atoms. The number of carbonyl (C=O) groups excluding carboxylic acids is 1. The summed E-state index contributed by atoms with van der Waals surface area (Å²) in [5.41, 5.74) is 1.38. The van der Waals surface area contributed by atoms with E-state index in [1.807, 2.05) is 0 Å². The molecule has 0 spiro atoms. The van der Waals surface area contributed by atoms with E-state index in [0.29, 0.717) is 5.12 Å². The van der Waals surface area contributed by atoms with E-state index in [4.69, 9.17) is 0 Å². The number of aryl methyl sites for hydroxylation is 1. The maximum Gasteiger partial charge on any atom is 0.188 e. The molecular formula is C23H38OS. The van der Waals surface area contributed by atoms with Crippen molar-refractivity contribution in [3.63, 3.8) is 0 Å². The van der Waals surface area contributed by atoms with E-state index < -0.39 is 0 Å². The van der Waals surface area contributed by atoms with Gasteiger partial charge in [0.1, 0.15) is 0 Å². The Labute approximate surface area is 160 Å². The number of benzene rings is 1. The molecular weight excluding hydrogens is 324 g/mol. The largest absolute Gasteiger partial charge is 0.287 e. The summed E-state index contributed by atoms with van der Waals surface area (Å²) < 4.78 is 0. The van der Waals surface area contributed by atoms with Gasteiger partial charge in [-0.15, -0.1) is 0 Å². The minimum absolute atomic E-state index is 0.393. The van der Waals surface area contributed by atoms with E-state index in [0.717, 1.165) is 31.4 Å². The molecule has 142 valence electrons. The average Bonchev–Trinajstić information content (AvgIpc) is 2.64. The fourth-order valence-electron chi connectivity index (χ4n) is 3.09. The normalized spacial score (nSPS) is 10.9. The van der Waals surface area contributed by atoms with Gasteiger partial charge in [-0.1, -0.05) is 107 Å². The lowest BCUT2D eigenvalue weighted by atomic mass is 10.1. The molecule has 0 saturated carbocycles. The second-order valence-corrected chi connectivity index (χ2v) is 8.25. The Hall–Kier alpha value is -0.760. The third kappa shape index (κ3) is 14.1. The van der Waals surface area contributed by atoms with Crippen LogP contribution in [0.1, 0.15) is 96.0 Å². The second-order valence-electron chi connectivity index (χ2n) is 7.10. The van der Waals surface area contributed by atoms with Crippen LogP contribution in [0.3, 0.4) is 0 Å². The third-order valence-corrected chi connectivity index (χ3v) is 5.72. The molecule has 0 aliphatic heterocycles. The summed E-state index contributed by atoms with van der Waals surface area (Å²) in [4.78, 5) is 11.9. The Morgan fingerprint density at radius 3 is 2.00 bits per heavy atom. The molecule has 0 aromatic heterocycles. The monoisotopic (exact) mass is 362 g/mol. The zero-order valence-electron chi connectivity index (χ0n) is 16.3. The smallest absolute Gasteiger partial charge is 0.188 e. The second kappa shape index (κ2) is 16.7. The van der Waals surface area contributed by atoms with Crippen LogP contribution >= 0.6 is 11.8 Å². The molecule has 0 bridgehead atoms. The molecule has 1 aromatic carbocycles. The van der Waals surface area contributed by atoms with Crippen molar-refractivity contribution < 1.29 is 4.79 Å². The first kappa shape index (κ1) is 22.3. The third-order valence-electron chi connectivity index (χ3n) is 4.70. The van der Waals surface area contributed by atoms with E-state index >= 15 is 0 Å². The zero-order valence-corrected chi connectivity index (χ0v) is 17.1. The number of unbranched alkanes of at least 4 members (excludes halogenated alkanes) is 10. The molecule has 0 aliphatic rings. The van der Waals surface area contributed by atoms with Crippen LogP contribution in [0.4, 0.5) is 0 Å². The topological polar surface area (TPSA) is 17.1 Å². The van der Waals surface area contributed by atoms with Crippen LogP contribution in [-0.4, -0.2) is 10.9 Å². The molecule has 1 nitrogen and oxygen atoms in total. The van der Waals surface area contributed by atoms with Gasteiger partial charge in [-0.3, -0.25) is 4.79 Å². The highest BCUT2D eigenvalue weighted by atomic mass is 32.2. The number of thioether (sulfide) groups is 1. The first-order valence-corrected chi connectivity index (χ1v) is 11.5. The maximum absolute atomic E-state index is 11.9. The van der Waals surface area contributed by atoms with Crippen LogP contribution < -0.4 is 0 Å². The quantitative estimate of drug-likeness (QED) is 0.282. The fourth-order valence-corrected chi connectivity index (χ4v) is 3.96. The first-order valence-electron chi connectivity index (χ1n) is 10.5. The average molecular weight is 363 g/mol. The van der Waals surface area contributed by atoms with Gasteiger partial charge < -0.3 is 0 Å². The summed E-state index contributed by atoms with van der Waals surface area (Å²) in [6, 6.07) is 10.6. The van der Waals surface area contributed by atoms with Crippen LogP contribution in [0.5, 0.6) is 0 Å². The van der Waals surface area contributed by atoms with Gasteiger partial charge in [-0.25, -0.2) is 0 Å². The Morgan fingerprint density at radius 1 is 0.760 bits per heavy atom. The Morgan fingerprint density at radius 2 is 1.36 bits per heavy atom. The molecule has 1 rings (SSSR count). The summed E-state index contributed by atoms with van der Waals surface area (Å²) in [5, 5.41) is 0.393. The lowest BCUT2D eigenvalue weighted by Crippen LogP contribution is -1.95. The fraction of sp³-hybridized carbons (Fsp3) is 0.696. The molecule has 0 aliphatic carbocycles. The van der Waals surface area contributed by atoms with E-state index in [-0.39, 0.29) is 0 Å². The predicted octanol–water partition coefficient (Wildman–Crippen LogP) is 7.58. The highest BCUT2D eigenvalue weighted by Crippen LogP contribution is 2.15. The summed E-state index contributed by atoms with van der Waals surface area (Å²) in [6.45, 7) is 2.27. The SMILES string of the molecule is CCCCCCCCCCCCSC(=O)CCCCc1ccccc1. The number of hydrogen-bond donors (Lipinski definition) is 0. The lowest BCUT2D eigenvalue weighted by Gasteiger charge is -2.03. The summed E-state index contributed by atoms with van der Waals surface area (Å²) in [5.74, 6) is 1.02. The van der Waals surface area contributed by atoms with Gasteiger partial charge in [0.15, 0.2) is 5.12 Å². The van der Waals surface area contributed by atoms with Crippen LogP contribution in [0.25, 0.3) is 0 Å². The maximum atomic E-state index is 11.9. The highest BCUT2D eigenvalue weighted by Gasteiger charge is 2.03. The van der Waals surface area contributed by atoms with Gasteiger partial charge in [-0.2, -0.15) is 0 Å². The van der Waals surface area contributed by atoms with Gasteiger partial charge in [-0.05, 0) is 31.2 Å². The van der Waals surface area contributed by atoms with Gasteiger partial charge in [0.25, 0.3) is 0 Å². The van der Waals surface area contributed by atoms with E-state index in [2.05, 4.69) is 37.3 Å². The van der Waals surface area contributed by atoms with Crippen LogP contribution in [0, 0.1) is 0 Å². The molecule has 2 heteroatoms. The number of hydrogen-bond acceptors (Lipinski definition) is 2. The van der Waals surface area contributed by atoms with Gasteiger partial charge >= 0.3 is 0 Å². The highest BCUT2D eigenvalue weighted by molar-refractivity contribution is 8.13. The van der Waals surface area contributed by atoms with E-state index in [1.165, 1.54) is 69.8 Å². The van der Waals surface area contributed by atoms with Gasteiger partial charge in [0.05, 0.1) is 0 Å². The number of carbonyl (C=O) groups is 1. The predicted molar refractivity (Wildman–Crippen MR) is 113 cm³/mol. The lowest BCUT2D eigenvalue weighted by molar-refractivity contribution is -0.111. The van der Waals surface area contributed by atoms with Crippen molar-refractivity contribution >= 4 is 16.9 Å². The van der Waals surface area contributed by atoms with Crippen molar-refractivity contribution in [3.05, 3.63) is 35.9 Å². The standard InChI is InChI=1S/C23H38OS/c1-2-3-4-5-6-7-8-9-10-16-21-25-23(24)20-15-14-19-22-17-12-11-13-18-22/h11-13,17-18H,2-10,14-16,19-21H2,1H3. The van der Waals surface area contributed by atoms with Crippen molar-refractivity contribution in [2.24, 2.45) is 0 Å². The molecule has 0 heterocycles. The molecule has 0 atom stereocenters. The first-order chi connectivity index (χ1) is 12.3. The van der Waals surface area contributed by atoms with Gasteiger partial charge in [0, 0.05) is 12.2 Å². The molecule has 0 N–H and O–H groups in total. The summed E-state index contributed by atoms with van der Waals surface area (Å²) >= 11 is 1.56. The van der Waals surface area contributed by atoms with Crippen LogP contribution in [0.2, 0.25) is 0 Å². The van der Waals surface area contributed by atoms with Crippen molar-refractivity contribution in [2.75, 3.05) is 5.75 Å². The van der Waals surface area contributed by atoms with Crippen molar-refractivity contribution in [1.29, 1.82) is 0 Å². The molecule has 0 saturated heterocycles. The molecule has 0 fully saturated rings. The number of rotatable bonds is 16. The Kier molecular flexibility index (Phi) is 14.9. The molecule has 1 aromatic rings. The molecule has 0 amide bonds. The van der Waals surface area contributed by atoms with Crippen molar-refractivity contribution in [1.82, 2.24) is 0 Å². The van der Waals surface area contributed by atoms with Crippen molar-refractivity contribution in [3.8, 4) is 0 Å². The zero-order chi connectivity index (χ0) is 18.0. The van der Waals surface area contributed by atoms with Crippen LogP contribution in [0.15, 0.2) is 30.3 Å². The Balaban J connectivity index is 1.81. The minimum Gasteiger partial charge on any atom is -0.287 e. The molecule has 0 radical (unpaired) electrons. The van der Waals surface area contributed by atoms with E-state index in [9.17, 15) is 4.79 Å². The Bertz CT molecular complexity index is 415. The summed E-state index contributed by atoms with van der Waals surface area (Å²) in [6.07, 6.45) is 17.6. The minimum atomic E-state index is 0.393. The van der Waals surface area contributed by atoms with Gasteiger partial charge in [0.2, 0.25) is 0 Å². The van der Waals surface area contributed by atoms with E-state index in [1.54, 1.807) is 11.8 Å². The van der Waals surface area contributed by atoms with Crippen molar-refractivity contribution in [2.45, 2.75) is 96.8 Å².